The Morgan fingerprint density at radius 1 is 1.25 bits per heavy atom. The van der Waals surface area contributed by atoms with Gasteiger partial charge in [-0.3, -0.25) is 9.59 Å². The highest BCUT2D eigenvalue weighted by Gasteiger charge is 2.05. The molecular weight excluding hydrogens is 208 g/mol. The molecule has 0 saturated carbocycles. The van der Waals surface area contributed by atoms with E-state index in [0.29, 0.717) is 6.61 Å². The number of primary amides is 1. The van der Waals surface area contributed by atoms with E-state index in [9.17, 15) is 9.59 Å². The van der Waals surface area contributed by atoms with Gasteiger partial charge in [0.05, 0.1) is 12.6 Å². The third kappa shape index (κ3) is 9.45. The zero-order valence-corrected chi connectivity index (χ0v) is 10.1. The van der Waals surface area contributed by atoms with Crippen LogP contribution in [0.25, 0.3) is 0 Å². The molecule has 0 aromatic heterocycles. The van der Waals surface area contributed by atoms with Crippen molar-refractivity contribution < 1.29 is 14.3 Å². The molecule has 5 heteroatoms. The predicted octanol–water partition coefficient (Wildman–Crippen LogP) is 0.573. The SMILES string of the molecule is CC(=O)OCCCCCCN[C@@H](C)C(N)=O. The first-order valence-corrected chi connectivity index (χ1v) is 5.70. The number of carbonyl (C=O) groups is 2. The summed E-state index contributed by atoms with van der Waals surface area (Å²) in [5.74, 6) is -0.549. The first kappa shape index (κ1) is 14.9. The van der Waals surface area contributed by atoms with Gasteiger partial charge in [-0.15, -0.1) is 0 Å². The predicted molar refractivity (Wildman–Crippen MR) is 61.8 cm³/mol. The Balaban J connectivity index is 3.15. The molecular formula is C11H22N2O3. The standard InChI is InChI=1S/C11H22N2O3/c1-9(11(12)15)13-7-5-3-4-6-8-16-10(2)14/h9,13H,3-8H2,1-2H3,(H2,12,15)/t9-/m0/s1. The molecule has 94 valence electrons. The number of esters is 1. The van der Waals surface area contributed by atoms with Crippen LogP contribution in [0.5, 0.6) is 0 Å². The van der Waals surface area contributed by atoms with Crippen molar-refractivity contribution >= 4 is 11.9 Å². The van der Waals surface area contributed by atoms with Crippen LogP contribution < -0.4 is 11.1 Å². The van der Waals surface area contributed by atoms with E-state index in [4.69, 9.17) is 10.5 Å². The highest BCUT2D eigenvalue weighted by molar-refractivity contribution is 5.79. The molecule has 0 spiro atoms. The Bertz CT molecular complexity index is 219. The molecule has 0 aromatic carbocycles. The number of carbonyl (C=O) groups excluding carboxylic acids is 2. The first-order chi connectivity index (χ1) is 7.54. The summed E-state index contributed by atoms with van der Waals surface area (Å²) < 4.78 is 4.80. The van der Waals surface area contributed by atoms with Gasteiger partial charge in [-0.05, 0) is 26.3 Å². The maximum absolute atomic E-state index is 10.7. The van der Waals surface area contributed by atoms with Crippen molar-refractivity contribution in [2.45, 2.75) is 45.6 Å². The summed E-state index contributed by atoms with van der Waals surface area (Å²) in [4.78, 5) is 21.1. The average Bonchev–Trinajstić information content (AvgIpc) is 2.21. The summed E-state index contributed by atoms with van der Waals surface area (Å²) in [5.41, 5.74) is 5.09. The Kier molecular flexibility index (Phi) is 8.52. The Morgan fingerprint density at radius 2 is 1.88 bits per heavy atom. The van der Waals surface area contributed by atoms with Gasteiger partial charge < -0.3 is 15.8 Å². The van der Waals surface area contributed by atoms with E-state index in [1.54, 1.807) is 6.92 Å². The van der Waals surface area contributed by atoms with E-state index in [1.165, 1.54) is 6.92 Å². The lowest BCUT2D eigenvalue weighted by Crippen LogP contribution is -2.39. The molecule has 0 aromatic rings. The second-order valence-electron chi connectivity index (χ2n) is 3.83. The van der Waals surface area contributed by atoms with Crippen molar-refractivity contribution in [3.63, 3.8) is 0 Å². The second kappa shape index (κ2) is 9.15. The van der Waals surface area contributed by atoms with E-state index < -0.39 is 0 Å². The fourth-order valence-electron chi connectivity index (χ4n) is 1.22. The number of hydrogen-bond acceptors (Lipinski definition) is 4. The summed E-state index contributed by atoms with van der Waals surface area (Å²) in [7, 11) is 0. The lowest BCUT2D eigenvalue weighted by atomic mass is 10.2. The summed E-state index contributed by atoms with van der Waals surface area (Å²) in [5, 5.41) is 3.03. The number of rotatable bonds is 9. The first-order valence-electron chi connectivity index (χ1n) is 5.70. The monoisotopic (exact) mass is 230 g/mol. The van der Waals surface area contributed by atoms with Gasteiger partial charge in [-0.1, -0.05) is 12.8 Å². The zero-order chi connectivity index (χ0) is 12.4. The van der Waals surface area contributed by atoms with Gasteiger partial charge in [0, 0.05) is 6.92 Å². The van der Waals surface area contributed by atoms with Crippen LogP contribution in [0, 0.1) is 0 Å². The number of nitrogens with two attached hydrogens (primary N) is 1. The van der Waals surface area contributed by atoms with Crippen molar-refractivity contribution in [2.24, 2.45) is 5.73 Å². The molecule has 1 amide bonds. The summed E-state index contributed by atoms with van der Waals surface area (Å²) in [6.45, 7) is 4.45. The van der Waals surface area contributed by atoms with Crippen LogP contribution in [0.15, 0.2) is 0 Å². The van der Waals surface area contributed by atoms with Crippen LogP contribution in [-0.2, 0) is 14.3 Å². The molecule has 0 aliphatic rings. The van der Waals surface area contributed by atoms with Crippen LogP contribution in [-0.4, -0.2) is 31.1 Å². The van der Waals surface area contributed by atoms with Crippen molar-refractivity contribution in [1.82, 2.24) is 5.32 Å². The van der Waals surface area contributed by atoms with Crippen LogP contribution >= 0.6 is 0 Å². The molecule has 0 unspecified atom stereocenters. The molecule has 0 saturated heterocycles. The average molecular weight is 230 g/mol. The minimum Gasteiger partial charge on any atom is -0.466 e. The molecule has 0 fully saturated rings. The molecule has 0 bridgehead atoms. The van der Waals surface area contributed by atoms with Crippen LogP contribution in [0.3, 0.4) is 0 Å². The minimum absolute atomic E-state index is 0.225. The Hall–Kier alpha value is -1.10. The molecule has 0 radical (unpaired) electrons. The number of unbranched alkanes of at least 4 members (excludes halogenated alkanes) is 3. The quantitative estimate of drug-likeness (QED) is 0.448. The van der Waals surface area contributed by atoms with Crippen molar-refractivity contribution in [1.29, 1.82) is 0 Å². The third-order valence-electron chi connectivity index (χ3n) is 2.25. The van der Waals surface area contributed by atoms with Crippen molar-refractivity contribution in [2.75, 3.05) is 13.2 Å². The zero-order valence-electron chi connectivity index (χ0n) is 10.1. The number of ether oxygens (including phenoxy) is 1. The third-order valence-corrected chi connectivity index (χ3v) is 2.25. The normalized spacial score (nSPS) is 12.1. The maximum atomic E-state index is 10.7. The van der Waals surface area contributed by atoms with Gasteiger partial charge in [0.1, 0.15) is 0 Å². The fraction of sp³-hybridized carbons (Fsp3) is 0.818. The highest BCUT2D eigenvalue weighted by atomic mass is 16.5. The summed E-state index contributed by atoms with van der Waals surface area (Å²) >= 11 is 0. The Morgan fingerprint density at radius 3 is 2.44 bits per heavy atom. The molecule has 3 N–H and O–H groups in total. The topological polar surface area (TPSA) is 81.4 Å². The van der Waals surface area contributed by atoms with Gasteiger partial charge in [-0.25, -0.2) is 0 Å². The minimum atomic E-state index is -0.324. The summed E-state index contributed by atoms with van der Waals surface area (Å²) in [6, 6.07) is -0.263. The molecule has 0 heterocycles. The number of hydrogen-bond donors (Lipinski definition) is 2. The molecule has 16 heavy (non-hydrogen) atoms. The van der Waals surface area contributed by atoms with Gasteiger partial charge in [0.25, 0.3) is 0 Å². The van der Waals surface area contributed by atoms with E-state index in [2.05, 4.69) is 5.32 Å². The van der Waals surface area contributed by atoms with Crippen molar-refractivity contribution in [3.05, 3.63) is 0 Å². The molecule has 0 rings (SSSR count). The maximum Gasteiger partial charge on any atom is 0.302 e. The van der Waals surface area contributed by atoms with Crippen LogP contribution in [0.2, 0.25) is 0 Å². The van der Waals surface area contributed by atoms with Crippen LogP contribution in [0.4, 0.5) is 0 Å². The van der Waals surface area contributed by atoms with Crippen LogP contribution in [0.1, 0.15) is 39.5 Å². The summed E-state index contributed by atoms with van der Waals surface area (Å²) in [6.07, 6.45) is 3.97. The highest BCUT2D eigenvalue weighted by Crippen LogP contribution is 1.99. The molecule has 0 aliphatic carbocycles. The van der Waals surface area contributed by atoms with E-state index in [0.717, 1.165) is 32.2 Å². The van der Waals surface area contributed by atoms with Gasteiger partial charge in [0.15, 0.2) is 0 Å². The molecule has 5 nitrogen and oxygen atoms in total. The van der Waals surface area contributed by atoms with E-state index in [1.807, 2.05) is 0 Å². The lowest BCUT2D eigenvalue weighted by Gasteiger charge is -2.09. The molecule has 1 atom stereocenters. The fourth-order valence-corrected chi connectivity index (χ4v) is 1.22. The van der Waals surface area contributed by atoms with Crippen molar-refractivity contribution in [3.8, 4) is 0 Å². The second-order valence-corrected chi connectivity index (χ2v) is 3.83. The number of nitrogens with one attached hydrogen (secondary N) is 1. The van der Waals surface area contributed by atoms with E-state index >= 15 is 0 Å². The van der Waals surface area contributed by atoms with Gasteiger partial charge in [0.2, 0.25) is 5.91 Å². The molecule has 0 aliphatic heterocycles. The smallest absolute Gasteiger partial charge is 0.302 e. The number of amides is 1. The lowest BCUT2D eigenvalue weighted by molar-refractivity contribution is -0.141. The van der Waals surface area contributed by atoms with E-state index in [-0.39, 0.29) is 17.9 Å². The van der Waals surface area contributed by atoms with Gasteiger partial charge >= 0.3 is 5.97 Å². The van der Waals surface area contributed by atoms with Gasteiger partial charge in [-0.2, -0.15) is 0 Å². The Labute approximate surface area is 96.7 Å². The largest absolute Gasteiger partial charge is 0.466 e.